The maximum atomic E-state index is 14.0. The maximum Gasteiger partial charge on any atom is 0.264 e. The summed E-state index contributed by atoms with van der Waals surface area (Å²) in [6, 6.07) is 18.4. The molecule has 1 N–H and O–H groups in total. The van der Waals surface area contributed by atoms with Crippen molar-refractivity contribution in [2.75, 3.05) is 31.6 Å². The van der Waals surface area contributed by atoms with Gasteiger partial charge in [-0.25, -0.2) is 8.42 Å². The molecular formula is C30H36ClN3O6S. The average Bonchev–Trinajstić information content (AvgIpc) is 2.96. The van der Waals surface area contributed by atoms with Crippen molar-refractivity contribution in [1.82, 2.24) is 10.2 Å². The zero-order chi connectivity index (χ0) is 30.2. The Hall–Kier alpha value is -3.76. The van der Waals surface area contributed by atoms with E-state index in [1.807, 2.05) is 19.9 Å². The molecule has 0 fully saturated rings. The van der Waals surface area contributed by atoms with Gasteiger partial charge < -0.3 is 19.7 Å². The van der Waals surface area contributed by atoms with E-state index in [0.29, 0.717) is 28.6 Å². The van der Waals surface area contributed by atoms with Gasteiger partial charge in [-0.05, 0) is 73.0 Å². The molecule has 0 spiro atoms. The highest BCUT2D eigenvalue weighted by atomic mass is 35.5. The fourth-order valence-electron chi connectivity index (χ4n) is 4.04. The Bertz CT molecular complexity index is 1450. The number of hydrogen-bond acceptors (Lipinski definition) is 6. The number of rotatable bonds is 13. The molecule has 0 unspecified atom stereocenters. The van der Waals surface area contributed by atoms with Crippen molar-refractivity contribution in [2.24, 2.45) is 5.92 Å². The Kier molecular flexibility index (Phi) is 11.0. The Morgan fingerprint density at radius 3 is 2.17 bits per heavy atom. The number of anilines is 1. The molecule has 0 heterocycles. The Morgan fingerprint density at radius 2 is 1.56 bits per heavy atom. The van der Waals surface area contributed by atoms with Gasteiger partial charge in [-0.15, -0.1) is 0 Å². The van der Waals surface area contributed by atoms with Gasteiger partial charge in [0.2, 0.25) is 11.8 Å². The van der Waals surface area contributed by atoms with Crippen molar-refractivity contribution in [3.05, 3.63) is 83.4 Å². The van der Waals surface area contributed by atoms with E-state index in [0.717, 1.165) is 4.31 Å². The molecular weight excluding hydrogens is 566 g/mol. The van der Waals surface area contributed by atoms with Gasteiger partial charge in [0.15, 0.2) is 0 Å². The highest BCUT2D eigenvalue weighted by molar-refractivity contribution is 7.92. The zero-order valence-corrected chi connectivity index (χ0v) is 25.4. The number of carbonyl (C=O) groups is 2. The second-order valence-electron chi connectivity index (χ2n) is 9.86. The fraction of sp³-hybridized carbons (Fsp3) is 0.333. The van der Waals surface area contributed by atoms with Crippen LogP contribution in [-0.4, -0.2) is 58.5 Å². The van der Waals surface area contributed by atoms with Crippen molar-refractivity contribution < 1.29 is 27.5 Å². The Labute approximate surface area is 247 Å². The number of benzene rings is 3. The van der Waals surface area contributed by atoms with E-state index >= 15 is 0 Å². The molecule has 0 aromatic heterocycles. The minimum absolute atomic E-state index is 0.0341. The molecule has 1 atom stereocenters. The van der Waals surface area contributed by atoms with Crippen molar-refractivity contribution in [2.45, 2.75) is 38.3 Å². The summed E-state index contributed by atoms with van der Waals surface area (Å²) in [4.78, 5) is 28.4. The first-order chi connectivity index (χ1) is 19.5. The first kappa shape index (κ1) is 31.8. The number of methoxy groups -OCH3 is 2. The third kappa shape index (κ3) is 8.37. The molecule has 0 radical (unpaired) electrons. The van der Waals surface area contributed by atoms with Gasteiger partial charge >= 0.3 is 0 Å². The van der Waals surface area contributed by atoms with Gasteiger partial charge in [-0.1, -0.05) is 43.6 Å². The van der Waals surface area contributed by atoms with Crippen molar-refractivity contribution in [3.63, 3.8) is 0 Å². The largest absolute Gasteiger partial charge is 0.497 e. The predicted molar refractivity (Wildman–Crippen MR) is 160 cm³/mol. The third-order valence-electron chi connectivity index (χ3n) is 6.36. The molecule has 0 saturated heterocycles. The first-order valence-electron chi connectivity index (χ1n) is 13.1. The van der Waals surface area contributed by atoms with Gasteiger partial charge in [-0.3, -0.25) is 13.9 Å². The summed E-state index contributed by atoms with van der Waals surface area (Å²) in [7, 11) is -1.20. The number of hydrogen-bond donors (Lipinski definition) is 1. The summed E-state index contributed by atoms with van der Waals surface area (Å²) >= 11 is 6.21. The summed E-state index contributed by atoms with van der Waals surface area (Å²) in [6.07, 6.45) is 0. The molecule has 0 aliphatic rings. The van der Waals surface area contributed by atoms with Gasteiger partial charge in [0, 0.05) is 18.1 Å². The van der Waals surface area contributed by atoms with E-state index in [1.165, 1.54) is 49.5 Å². The van der Waals surface area contributed by atoms with Crippen LogP contribution in [0, 0.1) is 5.92 Å². The molecule has 0 bridgehead atoms. The van der Waals surface area contributed by atoms with Crippen LogP contribution in [0.4, 0.5) is 5.69 Å². The molecule has 0 aliphatic heterocycles. The number of nitrogens with one attached hydrogen (secondary N) is 1. The summed E-state index contributed by atoms with van der Waals surface area (Å²) < 4.78 is 39.3. The van der Waals surface area contributed by atoms with Crippen LogP contribution in [0.25, 0.3) is 0 Å². The standard InChI is InChI=1S/C30H36ClN3O6S/c1-21(2)18-32-30(36)22(3)33(19-23-8-6-11-27(16-23)40-5)29(35)20-34(25-10-7-9-24(31)17-25)41(37,38)28-14-12-26(39-4)13-15-28/h6-17,21-22H,18-20H2,1-5H3,(H,32,36)/t22-/m0/s1. The van der Waals surface area contributed by atoms with E-state index in [4.69, 9.17) is 21.1 Å². The summed E-state index contributed by atoms with van der Waals surface area (Å²) in [6.45, 7) is 5.48. The normalized spacial score (nSPS) is 12.0. The van der Waals surface area contributed by atoms with E-state index < -0.39 is 28.5 Å². The minimum atomic E-state index is -4.22. The van der Waals surface area contributed by atoms with Crippen LogP contribution in [0.5, 0.6) is 11.5 Å². The maximum absolute atomic E-state index is 14.0. The molecule has 3 aromatic rings. The topological polar surface area (TPSA) is 105 Å². The number of halogens is 1. The number of sulfonamides is 1. The number of carbonyl (C=O) groups excluding carboxylic acids is 2. The number of ether oxygens (including phenoxy) is 2. The van der Waals surface area contributed by atoms with Crippen LogP contribution in [0.2, 0.25) is 5.02 Å². The summed E-state index contributed by atoms with van der Waals surface area (Å²) in [5.74, 6) is 0.371. The molecule has 220 valence electrons. The highest BCUT2D eigenvalue weighted by Gasteiger charge is 2.32. The van der Waals surface area contributed by atoms with Crippen LogP contribution in [0.1, 0.15) is 26.3 Å². The molecule has 9 nitrogen and oxygen atoms in total. The first-order valence-corrected chi connectivity index (χ1v) is 14.9. The Balaban J connectivity index is 2.02. The quantitative estimate of drug-likeness (QED) is 0.303. The van der Waals surface area contributed by atoms with Gasteiger partial charge in [0.25, 0.3) is 10.0 Å². The summed E-state index contributed by atoms with van der Waals surface area (Å²) in [5.41, 5.74) is 0.924. The molecule has 41 heavy (non-hydrogen) atoms. The third-order valence-corrected chi connectivity index (χ3v) is 8.38. The average molecular weight is 602 g/mol. The SMILES string of the molecule is COc1ccc(S(=O)(=O)N(CC(=O)N(Cc2cccc(OC)c2)[C@@H](C)C(=O)NCC(C)C)c2cccc(Cl)c2)cc1. The van der Waals surface area contributed by atoms with Crippen molar-refractivity contribution in [1.29, 1.82) is 0 Å². The monoisotopic (exact) mass is 601 g/mol. The van der Waals surface area contributed by atoms with Crippen LogP contribution in [0.15, 0.2) is 77.7 Å². The van der Waals surface area contributed by atoms with Gasteiger partial charge in [0.1, 0.15) is 24.1 Å². The minimum Gasteiger partial charge on any atom is -0.497 e. The van der Waals surface area contributed by atoms with Crippen LogP contribution >= 0.6 is 11.6 Å². The van der Waals surface area contributed by atoms with E-state index in [2.05, 4.69) is 5.32 Å². The van der Waals surface area contributed by atoms with Crippen LogP contribution < -0.4 is 19.1 Å². The lowest BCUT2D eigenvalue weighted by atomic mass is 10.1. The number of nitrogens with zero attached hydrogens (tertiary/aromatic N) is 2. The van der Waals surface area contributed by atoms with Crippen molar-refractivity contribution >= 4 is 39.1 Å². The predicted octanol–water partition coefficient (Wildman–Crippen LogP) is 4.74. The molecule has 0 aliphatic carbocycles. The lowest BCUT2D eigenvalue weighted by Crippen LogP contribution is -2.51. The lowest BCUT2D eigenvalue weighted by Gasteiger charge is -2.32. The molecule has 3 aromatic carbocycles. The molecule has 3 rings (SSSR count). The van der Waals surface area contributed by atoms with Gasteiger partial charge in [0.05, 0.1) is 24.8 Å². The van der Waals surface area contributed by atoms with E-state index in [1.54, 1.807) is 43.3 Å². The smallest absolute Gasteiger partial charge is 0.264 e. The van der Waals surface area contributed by atoms with Gasteiger partial charge in [-0.2, -0.15) is 0 Å². The summed E-state index contributed by atoms with van der Waals surface area (Å²) in [5, 5.41) is 3.17. The fourth-order valence-corrected chi connectivity index (χ4v) is 5.63. The zero-order valence-electron chi connectivity index (χ0n) is 23.8. The van der Waals surface area contributed by atoms with E-state index in [-0.39, 0.29) is 29.0 Å². The molecule has 11 heteroatoms. The molecule has 0 saturated carbocycles. The van der Waals surface area contributed by atoms with Crippen molar-refractivity contribution in [3.8, 4) is 11.5 Å². The second-order valence-corrected chi connectivity index (χ2v) is 12.2. The van der Waals surface area contributed by atoms with Crippen LogP contribution in [-0.2, 0) is 26.2 Å². The van der Waals surface area contributed by atoms with E-state index in [9.17, 15) is 18.0 Å². The Morgan fingerprint density at radius 1 is 0.902 bits per heavy atom. The second kappa shape index (κ2) is 14.2. The highest BCUT2D eigenvalue weighted by Crippen LogP contribution is 2.28. The molecule has 2 amide bonds. The van der Waals surface area contributed by atoms with Crippen LogP contribution in [0.3, 0.4) is 0 Å². The lowest BCUT2D eigenvalue weighted by molar-refractivity contribution is -0.139. The number of amides is 2.